The largest absolute Gasteiger partial charge is 0.373 e. The first-order chi connectivity index (χ1) is 8.60. The number of ether oxygens (including phenoxy) is 1. The summed E-state index contributed by atoms with van der Waals surface area (Å²) in [5.41, 5.74) is 0.00252. The van der Waals surface area contributed by atoms with E-state index >= 15 is 0 Å². The first-order valence-corrected chi connectivity index (χ1v) is 6.06. The van der Waals surface area contributed by atoms with Gasteiger partial charge in [-0.2, -0.15) is 0 Å². The SMILES string of the molecule is O=C(c1cc(F)cc(F)c1)N1CCOC(CCl)C1. The van der Waals surface area contributed by atoms with Gasteiger partial charge in [0.15, 0.2) is 0 Å². The zero-order valence-electron chi connectivity index (χ0n) is 9.54. The number of halogens is 3. The van der Waals surface area contributed by atoms with E-state index in [1.807, 2.05) is 0 Å². The third-order valence-corrected chi connectivity index (χ3v) is 3.05. The van der Waals surface area contributed by atoms with Crippen LogP contribution in [0.15, 0.2) is 18.2 Å². The Hall–Kier alpha value is -1.20. The van der Waals surface area contributed by atoms with Crippen molar-refractivity contribution in [1.82, 2.24) is 4.90 Å². The molecule has 18 heavy (non-hydrogen) atoms. The van der Waals surface area contributed by atoms with Crippen molar-refractivity contribution >= 4 is 17.5 Å². The molecular formula is C12H12ClF2NO2. The summed E-state index contributed by atoms with van der Waals surface area (Å²) < 4.78 is 31.4. The Morgan fingerprint density at radius 2 is 2.06 bits per heavy atom. The first kappa shape index (κ1) is 13.2. The van der Waals surface area contributed by atoms with Gasteiger partial charge in [0.25, 0.3) is 5.91 Å². The number of carbonyl (C=O) groups is 1. The maximum atomic E-state index is 13.0. The van der Waals surface area contributed by atoms with E-state index in [9.17, 15) is 13.6 Å². The van der Waals surface area contributed by atoms with Crippen molar-refractivity contribution in [2.24, 2.45) is 0 Å². The molecule has 1 heterocycles. The number of hydrogen-bond donors (Lipinski definition) is 0. The smallest absolute Gasteiger partial charge is 0.254 e. The molecule has 0 aliphatic carbocycles. The van der Waals surface area contributed by atoms with Gasteiger partial charge in [0.05, 0.1) is 18.6 Å². The van der Waals surface area contributed by atoms with E-state index in [2.05, 4.69) is 0 Å². The highest BCUT2D eigenvalue weighted by atomic mass is 35.5. The van der Waals surface area contributed by atoms with Crippen LogP contribution in [0.1, 0.15) is 10.4 Å². The van der Waals surface area contributed by atoms with Crippen molar-refractivity contribution in [3.63, 3.8) is 0 Å². The Labute approximate surface area is 108 Å². The number of hydrogen-bond acceptors (Lipinski definition) is 2. The van der Waals surface area contributed by atoms with Crippen LogP contribution in [-0.2, 0) is 4.74 Å². The molecule has 1 aliphatic rings. The van der Waals surface area contributed by atoms with E-state index < -0.39 is 17.5 Å². The predicted molar refractivity (Wildman–Crippen MR) is 62.7 cm³/mol. The zero-order valence-corrected chi connectivity index (χ0v) is 10.3. The van der Waals surface area contributed by atoms with Crippen LogP contribution in [-0.4, -0.2) is 42.5 Å². The maximum Gasteiger partial charge on any atom is 0.254 e. The molecule has 6 heteroatoms. The van der Waals surface area contributed by atoms with Crippen molar-refractivity contribution in [2.75, 3.05) is 25.6 Å². The van der Waals surface area contributed by atoms with Crippen molar-refractivity contribution in [2.45, 2.75) is 6.10 Å². The maximum absolute atomic E-state index is 13.0. The monoisotopic (exact) mass is 275 g/mol. The number of rotatable bonds is 2. The highest BCUT2D eigenvalue weighted by Crippen LogP contribution is 2.14. The number of benzene rings is 1. The molecule has 1 saturated heterocycles. The summed E-state index contributed by atoms with van der Waals surface area (Å²) in [7, 11) is 0. The quantitative estimate of drug-likeness (QED) is 0.773. The summed E-state index contributed by atoms with van der Waals surface area (Å²) in [5.74, 6) is -1.66. The molecule has 1 atom stereocenters. The summed E-state index contributed by atoms with van der Waals surface area (Å²) in [6, 6.07) is 2.78. The molecule has 1 unspecified atom stereocenters. The average molecular weight is 276 g/mol. The van der Waals surface area contributed by atoms with E-state index in [0.717, 1.165) is 18.2 Å². The lowest BCUT2D eigenvalue weighted by Gasteiger charge is -2.32. The Balaban J connectivity index is 2.15. The predicted octanol–water partition coefficient (Wildman–Crippen LogP) is 2.04. The van der Waals surface area contributed by atoms with Crippen LogP contribution >= 0.6 is 11.6 Å². The molecule has 1 amide bonds. The summed E-state index contributed by atoms with van der Waals surface area (Å²) in [6.07, 6.45) is -0.234. The van der Waals surface area contributed by atoms with Gasteiger partial charge in [-0.3, -0.25) is 4.79 Å². The standard InChI is InChI=1S/C12H12ClF2NO2/c13-6-11-7-16(1-2-18-11)12(17)8-3-9(14)5-10(15)4-8/h3-5,11H,1-2,6-7H2. The number of carbonyl (C=O) groups excluding carboxylic acids is 1. The highest BCUT2D eigenvalue weighted by molar-refractivity contribution is 6.18. The van der Waals surface area contributed by atoms with Gasteiger partial charge in [0.1, 0.15) is 11.6 Å². The second-order valence-electron chi connectivity index (χ2n) is 4.06. The fourth-order valence-corrected chi connectivity index (χ4v) is 2.04. The third kappa shape index (κ3) is 2.97. The molecule has 1 aromatic rings. The molecule has 0 saturated carbocycles. The van der Waals surface area contributed by atoms with E-state index in [1.165, 1.54) is 4.90 Å². The minimum atomic E-state index is -0.763. The molecule has 0 radical (unpaired) electrons. The van der Waals surface area contributed by atoms with Crippen LogP contribution in [0, 0.1) is 11.6 Å². The lowest BCUT2D eigenvalue weighted by atomic mass is 10.1. The zero-order chi connectivity index (χ0) is 13.1. The molecule has 0 N–H and O–H groups in total. The topological polar surface area (TPSA) is 29.5 Å². The molecule has 0 bridgehead atoms. The molecule has 0 spiro atoms. The molecule has 1 aromatic carbocycles. The van der Waals surface area contributed by atoms with E-state index in [0.29, 0.717) is 19.7 Å². The van der Waals surface area contributed by atoms with Crippen LogP contribution in [0.5, 0.6) is 0 Å². The summed E-state index contributed by atoms with van der Waals surface area (Å²) in [4.78, 5) is 13.6. The van der Waals surface area contributed by atoms with Crippen LogP contribution in [0.3, 0.4) is 0 Å². The van der Waals surface area contributed by atoms with Crippen molar-refractivity contribution in [3.8, 4) is 0 Å². The first-order valence-electron chi connectivity index (χ1n) is 5.53. The molecule has 1 aliphatic heterocycles. The minimum Gasteiger partial charge on any atom is -0.373 e. The van der Waals surface area contributed by atoms with E-state index in [4.69, 9.17) is 16.3 Å². The number of nitrogens with zero attached hydrogens (tertiary/aromatic N) is 1. The van der Waals surface area contributed by atoms with Crippen LogP contribution in [0.2, 0.25) is 0 Å². The lowest BCUT2D eigenvalue weighted by molar-refractivity contribution is -0.0108. The number of morpholine rings is 1. The van der Waals surface area contributed by atoms with E-state index in [-0.39, 0.29) is 17.5 Å². The van der Waals surface area contributed by atoms with E-state index in [1.54, 1.807) is 0 Å². The van der Waals surface area contributed by atoms with Gasteiger partial charge >= 0.3 is 0 Å². The Kier molecular flexibility index (Phi) is 4.14. The summed E-state index contributed by atoms with van der Waals surface area (Å²) >= 11 is 5.66. The molecule has 1 fully saturated rings. The molecular weight excluding hydrogens is 264 g/mol. The summed E-state index contributed by atoms with van der Waals surface area (Å²) in [5, 5.41) is 0. The van der Waals surface area contributed by atoms with Gasteiger partial charge < -0.3 is 9.64 Å². The van der Waals surface area contributed by atoms with Crippen LogP contribution in [0.4, 0.5) is 8.78 Å². The van der Waals surface area contributed by atoms with Crippen molar-refractivity contribution in [1.29, 1.82) is 0 Å². The van der Waals surface area contributed by atoms with Gasteiger partial charge in [-0.05, 0) is 12.1 Å². The van der Waals surface area contributed by atoms with Gasteiger partial charge in [-0.25, -0.2) is 8.78 Å². The van der Waals surface area contributed by atoms with Crippen molar-refractivity contribution < 1.29 is 18.3 Å². The van der Waals surface area contributed by atoms with Gasteiger partial charge in [-0.15, -0.1) is 11.6 Å². The molecule has 0 aromatic heterocycles. The summed E-state index contributed by atoms with van der Waals surface area (Å²) in [6.45, 7) is 1.10. The molecule has 2 rings (SSSR count). The van der Waals surface area contributed by atoms with Crippen molar-refractivity contribution in [3.05, 3.63) is 35.4 Å². The Bertz CT molecular complexity index is 435. The number of amides is 1. The second-order valence-corrected chi connectivity index (χ2v) is 4.37. The van der Waals surface area contributed by atoms with Gasteiger partial charge in [0, 0.05) is 24.7 Å². The normalized spacial score (nSPS) is 19.9. The van der Waals surface area contributed by atoms with Crippen LogP contribution < -0.4 is 0 Å². The fraction of sp³-hybridized carbons (Fsp3) is 0.417. The average Bonchev–Trinajstić information content (AvgIpc) is 2.37. The Morgan fingerprint density at radius 3 is 2.67 bits per heavy atom. The fourth-order valence-electron chi connectivity index (χ4n) is 1.86. The van der Waals surface area contributed by atoms with Gasteiger partial charge in [0.2, 0.25) is 0 Å². The molecule has 3 nitrogen and oxygen atoms in total. The van der Waals surface area contributed by atoms with Crippen LogP contribution in [0.25, 0.3) is 0 Å². The lowest BCUT2D eigenvalue weighted by Crippen LogP contribution is -2.46. The minimum absolute atomic E-state index is 0.00252. The molecule has 98 valence electrons. The highest BCUT2D eigenvalue weighted by Gasteiger charge is 2.25. The Morgan fingerprint density at radius 1 is 1.39 bits per heavy atom. The number of alkyl halides is 1. The third-order valence-electron chi connectivity index (χ3n) is 2.71. The second kappa shape index (κ2) is 5.63. The van der Waals surface area contributed by atoms with Gasteiger partial charge in [-0.1, -0.05) is 0 Å².